The summed E-state index contributed by atoms with van der Waals surface area (Å²) in [6.45, 7) is 9.18. The Kier molecular flexibility index (Phi) is 8.70. The first-order valence-electron chi connectivity index (χ1n) is 11.3. The molecule has 0 fully saturated rings. The van der Waals surface area contributed by atoms with Crippen LogP contribution in [0.5, 0.6) is 5.75 Å². The van der Waals surface area contributed by atoms with Gasteiger partial charge in [-0.05, 0) is 61.2 Å². The number of ether oxygens (including phenoxy) is 1. The molecule has 2 aromatic carbocycles. The van der Waals surface area contributed by atoms with E-state index in [0.29, 0.717) is 41.3 Å². The van der Waals surface area contributed by atoms with Crippen LogP contribution in [0.25, 0.3) is 0 Å². The van der Waals surface area contributed by atoms with E-state index in [9.17, 15) is 9.59 Å². The van der Waals surface area contributed by atoms with Crippen LogP contribution in [0.3, 0.4) is 0 Å². The summed E-state index contributed by atoms with van der Waals surface area (Å²) < 4.78 is 7.96. The maximum absolute atomic E-state index is 12.7. The fourth-order valence-corrected chi connectivity index (χ4v) is 4.08. The third-order valence-electron chi connectivity index (χ3n) is 5.13. The van der Waals surface area contributed by atoms with Crippen LogP contribution >= 0.6 is 11.8 Å². The van der Waals surface area contributed by atoms with Crippen molar-refractivity contribution in [2.24, 2.45) is 11.7 Å². The molecule has 0 radical (unpaired) electrons. The highest BCUT2D eigenvalue weighted by molar-refractivity contribution is 8.00. The smallest absolute Gasteiger partial charge is 0.248 e. The number of thioether (sulfide) groups is 1. The average molecular weight is 482 g/mol. The maximum atomic E-state index is 12.7. The fraction of sp³-hybridized carbons (Fsp3) is 0.360. The summed E-state index contributed by atoms with van der Waals surface area (Å²) in [5, 5.41) is 11.8. The van der Waals surface area contributed by atoms with E-state index in [-0.39, 0.29) is 5.91 Å². The van der Waals surface area contributed by atoms with Crippen molar-refractivity contribution in [2.75, 3.05) is 5.32 Å². The normalized spacial score (nSPS) is 11.9. The van der Waals surface area contributed by atoms with E-state index in [4.69, 9.17) is 10.5 Å². The Morgan fingerprint density at radius 3 is 2.32 bits per heavy atom. The lowest BCUT2D eigenvalue weighted by molar-refractivity contribution is -0.115. The van der Waals surface area contributed by atoms with Crippen molar-refractivity contribution in [1.82, 2.24) is 14.8 Å². The molecule has 1 atom stereocenters. The third kappa shape index (κ3) is 6.84. The van der Waals surface area contributed by atoms with Crippen LogP contribution in [0.1, 0.15) is 49.4 Å². The molecule has 0 saturated heterocycles. The quantitative estimate of drug-likeness (QED) is 0.395. The summed E-state index contributed by atoms with van der Waals surface area (Å²) in [5.74, 6) is 1.17. The lowest BCUT2D eigenvalue weighted by Gasteiger charge is -2.15. The minimum atomic E-state index is -0.510. The molecule has 0 aliphatic heterocycles. The van der Waals surface area contributed by atoms with Gasteiger partial charge in [-0.2, -0.15) is 0 Å². The molecule has 3 aromatic rings. The van der Waals surface area contributed by atoms with Gasteiger partial charge < -0.3 is 20.4 Å². The van der Waals surface area contributed by atoms with E-state index in [1.54, 1.807) is 24.3 Å². The molecule has 0 saturated carbocycles. The monoisotopic (exact) mass is 481 g/mol. The molecule has 3 rings (SSSR count). The molecule has 9 heteroatoms. The molecule has 1 unspecified atom stereocenters. The first kappa shape index (κ1) is 25.3. The average Bonchev–Trinajstić information content (AvgIpc) is 3.18. The zero-order valence-electron chi connectivity index (χ0n) is 19.9. The van der Waals surface area contributed by atoms with Crippen molar-refractivity contribution >= 4 is 29.3 Å². The van der Waals surface area contributed by atoms with Crippen molar-refractivity contribution < 1.29 is 14.3 Å². The van der Waals surface area contributed by atoms with E-state index in [1.807, 2.05) is 23.6 Å². The van der Waals surface area contributed by atoms with Crippen LogP contribution < -0.4 is 15.8 Å². The molecule has 0 bridgehead atoms. The van der Waals surface area contributed by atoms with Crippen molar-refractivity contribution in [3.8, 4) is 5.75 Å². The van der Waals surface area contributed by atoms with Crippen LogP contribution in [-0.4, -0.2) is 31.8 Å². The van der Waals surface area contributed by atoms with Gasteiger partial charge >= 0.3 is 0 Å². The number of carbonyl (C=O) groups excluding carboxylic acids is 2. The largest absolute Gasteiger partial charge is 0.486 e. The van der Waals surface area contributed by atoms with Gasteiger partial charge in [-0.15, -0.1) is 10.2 Å². The number of rotatable bonds is 11. The van der Waals surface area contributed by atoms with Gasteiger partial charge in [-0.25, -0.2) is 0 Å². The van der Waals surface area contributed by atoms with E-state index in [0.717, 1.165) is 12.2 Å². The highest BCUT2D eigenvalue weighted by Gasteiger charge is 2.21. The van der Waals surface area contributed by atoms with Gasteiger partial charge in [-0.1, -0.05) is 44.7 Å². The number of aryl methyl sites for hydroxylation is 1. The Hall–Kier alpha value is -3.33. The van der Waals surface area contributed by atoms with E-state index < -0.39 is 11.2 Å². The Morgan fingerprint density at radius 1 is 1.06 bits per heavy atom. The summed E-state index contributed by atoms with van der Waals surface area (Å²) in [4.78, 5) is 23.9. The SMILES string of the molecule is CCc1ccc(OCc2nnc(SC(C)C(=O)Nc3ccc(C(N)=O)cc3)n2CC(C)C)cc1. The summed E-state index contributed by atoms with van der Waals surface area (Å²) in [7, 11) is 0. The minimum absolute atomic E-state index is 0.176. The van der Waals surface area contributed by atoms with Gasteiger partial charge in [0.25, 0.3) is 0 Å². The highest BCUT2D eigenvalue weighted by Crippen LogP contribution is 2.25. The molecule has 1 aromatic heterocycles. The van der Waals surface area contributed by atoms with E-state index in [2.05, 4.69) is 48.4 Å². The van der Waals surface area contributed by atoms with Gasteiger partial charge in [0, 0.05) is 17.8 Å². The Labute approximate surface area is 204 Å². The zero-order chi connectivity index (χ0) is 24.7. The van der Waals surface area contributed by atoms with Crippen LogP contribution in [0.4, 0.5) is 5.69 Å². The van der Waals surface area contributed by atoms with Crippen LogP contribution in [0.2, 0.25) is 0 Å². The Bertz CT molecular complexity index is 1110. The number of carbonyl (C=O) groups is 2. The first-order valence-corrected chi connectivity index (χ1v) is 12.2. The topological polar surface area (TPSA) is 112 Å². The minimum Gasteiger partial charge on any atom is -0.486 e. The number of aromatic nitrogens is 3. The number of nitrogens with zero attached hydrogens (tertiary/aromatic N) is 3. The second kappa shape index (κ2) is 11.7. The Balaban J connectivity index is 1.66. The number of hydrogen-bond donors (Lipinski definition) is 2. The second-order valence-corrected chi connectivity index (χ2v) is 9.69. The molecule has 0 aliphatic rings. The van der Waals surface area contributed by atoms with Crippen LogP contribution in [-0.2, 0) is 24.4 Å². The summed E-state index contributed by atoms with van der Waals surface area (Å²) in [6.07, 6.45) is 0.980. The molecule has 3 N–H and O–H groups in total. The van der Waals surface area contributed by atoms with Gasteiger partial charge in [-0.3, -0.25) is 9.59 Å². The predicted octanol–water partition coefficient (Wildman–Crippen LogP) is 4.29. The number of nitrogens with one attached hydrogen (secondary N) is 1. The van der Waals surface area contributed by atoms with Crippen molar-refractivity contribution in [2.45, 2.75) is 57.7 Å². The van der Waals surface area contributed by atoms with E-state index in [1.165, 1.54) is 17.3 Å². The molecule has 0 aliphatic carbocycles. The molecule has 180 valence electrons. The standard InChI is InChI=1S/C25H31N5O3S/c1-5-18-6-12-21(13-7-18)33-15-22-28-29-25(30(22)14-16(2)3)34-17(4)24(32)27-20-10-8-19(9-11-20)23(26)31/h6-13,16-17H,5,14-15H2,1-4H3,(H2,26,31)(H,27,32). The number of anilines is 1. The van der Waals surface area contributed by atoms with Crippen LogP contribution in [0, 0.1) is 5.92 Å². The number of nitrogens with two attached hydrogens (primary N) is 1. The molecule has 8 nitrogen and oxygen atoms in total. The van der Waals surface area contributed by atoms with Crippen molar-refractivity contribution in [1.29, 1.82) is 0 Å². The predicted molar refractivity (Wildman–Crippen MR) is 134 cm³/mol. The van der Waals surface area contributed by atoms with Crippen molar-refractivity contribution in [3.05, 3.63) is 65.5 Å². The summed E-state index contributed by atoms with van der Waals surface area (Å²) >= 11 is 1.34. The van der Waals surface area contributed by atoms with E-state index >= 15 is 0 Å². The fourth-order valence-electron chi connectivity index (χ4n) is 3.20. The van der Waals surface area contributed by atoms with Gasteiger partial charge in [0.2, 0.25) is 11.8 Å². The molecule has 2 amide bonds. The summed E-state index contributed by atoms with van der Waals surface area (Å²) in [5.41, 5.74) is 7.50. The number of primary amides is 1. The number of amides is 2. The molecular formula is C25H31N5O3S. The van der Waals surface area contributed by atoms with Gasteiger partial charge in [0.1, 0.15) is 12.4 Å². The Morgan fingerprint density at radius 2 is 1.74 bits per heavy atom. The lowest BCUT2D eigenvalue weighted by atomic mass is 10.2. The van der Waals surface area contributed by atoms with Crippen LogP contribution in [0.15, 0.2) is 53.7 Å². The lowest BCUT2D eigenvalue weighted by Crippen LogP contribution is -2.23. The molecular weight excluding hydrogens is 450 g/mol. The summed E-state index contributed by atoms with van der Waals surface area (Å²) in [6, 6.07) is 14.5. The molecule has 1 heterocycles. The molecule has 34 heavy (non-hydrogen) atoms. The van der Waals surface area contributed by atoms with Gasteiger partial charge in [0.15, 0.2) is 11.0 Å². The highest BCUT2D eigenvalue weighted by atomic mass is 32.2. The third-order valence-corrected chi connectivity index (χ3v) is 6.21. The first-order chi connectivity index (χ1) is 16.3. The maximum Gasteiger partial charge on any atom is 0.248 e. The van der Waals surface area contributed by atoms with Crippen molar-refractivity contribution in [3.63, 3.8) is 0 Å². The second-order valence-electron chi connectivity index (χ2n) is 8.38. The molecule has 0 spiro atoms. The number of hydrogen-bond acceptors (Lipinski definition) is 6. The zero-order valence-corrected chi connectivity index (χ0v) is 20.8. The van der Waals surface area contributed by atoms with Gasteiger partial charge in [0.05, 0.1) is 5.25 Å². The number of benzene rings is 2.